The van der Waals surface area contributed by atoms with Gasteiger partial charge >= 0.3 is 6.03 Å². The van der Waals surface area contributed by atoms with E-state index in [2.05, 4.69) is 53.3 Å². The smallest absolute Gasteiger partial charge is 0.322 e. The fourth-order valence-corrected chi connectivity index (χ4v) is 3.81. The number of hydrogen-bond acceptors (Lipinski definition) is 3. The molecule has 4 rings (SSSR count). The summed E-state index contributed by atoms with van der Waals surface area (Å²) in [7, 11) is 3.17. The molecule has 0 saturated carbocycles. The van der Waals surface area contributed by atoms with Crippen molar-refractivity contribution in [1.82, 2.24) is 9.47 Å². The number of aryl methyl sites for hydroxylation is 1. The molecule has 0 spiro atoms. The minimum Gasteiger partial charge on any atom is -0.493 e. The van der Waals surface area contributed by atoms with Crippen LogP contribution in [0.4, 0.5) is 10.5 Å². The van der Waals surface area contributed by atoms with Gasteiger partial charge < -0.3 is 24.3 Å². The number of fused-ring (bicyclic) bond motifs is 1. The van der Waals surface area contributed by atoms with Crippen molar-refractivity contribution >= 4 is 11.7 Å². The molecular weight excluding hydrogens is 366 g/mol. The number of carbonyl (C=O) groups is 1. The zero-order valence-corrected chi connectivity index (χ0v) is 16.9. The SMILES string of the molecule is COc1ccc(NC(=O)N2CCn3cccc3C2c2ccc(C)cc2)cc1OC. The number of rotatable bonds is 4. The van der Waals surface area contributed by atoms with E-state index < -0.39 is 0 Å². The Bertz CT molecular complexity index is 1010. The molecule has 1 aliphatic heterocycles. The van der Waals surface area contributed by atoms with E-state index in [-0.39, 0.29) is 12.1 Å². The number of nitrogens with zero attached hydrogens (tertiary/aromatic N) is 2. The van der Waals surface area contributed by atoms with E-state index in [0.717, 1.165) is 17.8 Å². The molecule has 0 aliphatic carbocycles. The summed E-state index contributed by atoms with van der Waals surface area (Å²) in [5.41, 5.74) is 4.07. The summed E-state index contributed by atoms with van der Waals surface area (Å²) in [4.78, 5) is 15.1. The minimum atomic E-state index is -0.143. The minimum absolute atomic E-state index is 0.139. The van der Waals surface area contributed by atoms with Crippen molar-refractivity contribution in [2.75, 3.05) is 26.1 Å². The topological polar surface area (TPSA) is 55.7 Å². The molecule has 3 aromatic rings. The number of amides is 2. The van der Waals surface area contributed by atoms with E-state index in [0.29, 0.717) is 23.7 Å². The highest BCUT2D eigenvalue weighted by atomic mass is 16.5. The first-order valence-electron chi connectivity index (χ1n) is 9.62. The van der Waals surface area contributed by atoms with E-state index in [1.807, 2.05) is 17.0 Å². The quantitative estimate of drug-likeness (QED) is 0.715. The van der Waals surface area contributed by atoms with Crippen LogP contribution in [0.25, 0.3) is 0 Å². The van der Waals surface area contributed by atoms with Crippen LogP contribution in [0.3, 0.4) is 0 Å². The van der Waals surface area contributed by atoms with Crippen molar-refractivity contribution in [1.29, 1.82) is 0 Å². The highest BCUT2D eigenvalue weighted by Gasteiger charge is 2.32. The van der Waals surface area contributed by atoms with Gasteiger partial charge in [-0.15, -0.1) is 0 Å². The number of aromatic nitrogens is 1. The lowest BCUT2D eigenvalue weighted by Gasteiger charge is -2.37. The molecule has 6 nitrogen and oxygen atoms in total. The molecule has 2 heterocycles. The number of hydrogen-bond donors (Lipinski definition) is 1. The average Bonchev–Trinajstić information content (AvgIpc) is 3.22. The van der Waals surface area contributed by atoms with Gasteiger partial charge in [0.1, 0.15) is 0 Å². The lowest BCUT2D eigenvalue weighted by atomic mass is 9.99. The van der Waals surface area contributed by atoms with Gasteiger partial charge in [0.05, 0.1) is 20.3 Å². The zero-order chi connectivity index (χ0) is 20.4. The first kappa shape index (κ1) is 18.9. The second-order valence-corrected chi connectivity index (χ2v) is 7.13. The van der Waals surface area contributed by atoms with Crippen LogP contribution >= 0.6 is 0 Å². The van der Waals surface area contributed by atoms with Gasteiger partial charge in [0, 0.05) is 36.7 Å². The van der Waals surface area contributed by atoms with E-state index in [1.165, 1.54) is 5.56 Å². The highest BCUT2D eigenvalue weighted by Crippen LogP contribution is 2.34. The molecule has 2 aromatic carbocycles. The van der Waals surface area contributed by atoms with Crippen molar-refractivity contribution < 1.29 is 14.3 Å². The number of nitrogens with one attached hydrogen (secondary N) is 1. The Kier molecular flexibility index (Phi) is 5.16. The van der Waals surface area contributed by atoms with Crippen LogP contribution in [0.2, 0.25) is 0 Å². The normalized spacial score (nSPS) is 15.6. The summed E-state index contributed by atoms with van der Waals surface area (Å²) in [5.74, 6) is 1.20. The second-order valence-electron chi connectivity index (χ2n) is 7.13. The molecule has 1 aromatic heterocycles. The van der Waals surface area contributed by atoms with Crippen molar-refractivity contribution in [2.45, 2.75) is 19.5 Å². The van der Waals surface area contributed by atoms with Gasteiger partial charge in [-0.1, -0.05) is 29.8 Å². The van der Waals surface area contributed by atoms with Crippen molar-refractivity contribution in [2.24, 2.45) is 0 Å². The lowest BCUT2D eigenvalue weighted by molar-refractivity contribution is 0.182. The van der Waals surface area contributed by atoms with E-state index in [4.69, 9.17) is 9.47 Å². The van der Waals surface area contributed by atoms with E-state index >= 15 is 0 Å². The molecule has 1 aliphatic rings. The first-order valence-corrected chi connectivity index (χ1v) is 9.62. The molecule has 1 N–H and O–H groups in total. The van der Waals surface area contributed by atoms with E-state index in [1.54, 1.807) is 26.4 Å². The molecule has 0 saturated heterocycles. The number of anilines is 1. The standard InChI is InChI=1S/C23H25N3O3/c1-16-6-8-17(9-7-16)22-19-5-4-12-25(19)13-14-26(22)23(27)24-18-10-11-20(28-2)21(15-18)29-3/h4-12,15,22H,13-14H2,1-3H3,(H,24,27). The maximum absolute atomic E-state index is 13.2. The van der Waals surface area contributed by atoms with Crippen LogP contribution in [0.5, 0.6) is 11.5 Å². The molecule has 29 heavy (non-hydrogen) atoms. The Hall–Kier alpha value is -3.41. The van der Waals surface area contributed by atoms with Crippen LogP contribution in [0, 0.1) is 6.92 Å². The molecular formula is C23H25N3O3. The zero-order valence-electron chi connectivity index (χ0n) is 16.9. The summed E-state index contributed by atoms with van der Waals surface area (Å²) in [5, 5.41) is 3.01. The Balaban J connectivity index is 1.64. The number of ether oxygens (including phenoxy) is 2. The predicted octanol–water partition coefficient (Wildman–Crippen LogP) is 4.45. The molecule has 0 radical (unpaired) electrons. The summed E-state index contributed by atoms with van der Waals surface area (Å²) >= 11 is 0. The fraction of sp³-hybridized carbons (Fsp3) is 0.261. The Morgan fingerprint density at radius 2 is 1.76 bits per heavy atom. The molecule has 0 fully saturated rings. The van der Waals surface area contributed by atoms with Crippen LogP contribution in [0.15, 0.2) is 60.8 Å². The third-order valence-corrected chi connectivity index (χ3v) is 5.33. The van der Waals surface area contributed by atoms with Crippen molar-refractivity contribution in [3.8, 4) is 11.5 Å². The summed E-state index contributed by atoms with van der Waals surface area (Å²) in [6.07, 6.45) is 2.07. The molecule has 150 valence electrons. The lowest BCUT2D eigenvalue weighted by Crippen LogP contribution is -2.44. The Labute approximate surface area is 170 Å². The largest absolute Gasteiger partial charge is 0.493 e. The van der Waals surface area contributed by atoms with Gasteiger partial charge in [-0.25, -0.2) is 4.79 Å². The van der Waals surface area contributed by atoms with Gasteiger partial charge in [-0.05, 0) is 36.8 Å². The first-order chi connectivity index (χ1) is 14.1. The third-order valence-electron chi connectivity index (χ3n) is 5.33. The maximum atomic E-state index is 13.2. The maximum Gasteiger partial charge on any atom is 0.322 e. The van der Waals surface area contributed by atoms with Gasteiger partial charge in [0.2, 0.25) is 0 Å². The fourth-order valence-electron chi connectivity index (χ4n) is 3.81. The van der Waals surface area contributed by atoms with Crippen molar-refractivity contribution in [3.05, 3.63) is 77.6 Å². The number of methoxy groups -OCH3 is 2. The van der Waals surface area contributed by atoms with Gasteiger partial charge in [0.25, 0.3) is 0 Å². The van der Waals surface area contributed by atoms with Crippen LogP contribution in [0.1, 0.15) is 22.9 Å². The monoisotopic (exact) mass is 391 g/mol. The van der Waals surface area contributed by atoms with Gasteiger partial charge in [-0.3, -0.25) is 0 Å². The summed E-state index contributed by atoms with van der Waals surface area (Å²) < 4.78 is 12.8. The van der Waals surface area contributed by atoms with E-state index in [9.17, 15) is 4.79 Å². The summed E-state index contributed by atoms with van der Waals surface area (Å²) in [6.45, 7) is 3.46. The van der Waals surface area contributed by atoms with Crippen LogP contribution in [-0.4, -0.2) is 36.3 Å². The summed E-state index contributed by atoms with van der Waals surface area (Å²) in [6, 6.07) is 17.6. The molecule has 2 amide bonds. The number of urea groups is 1. The average molecular weight is 391 g/mol. The molecule has 0 bridgehead atoms. The molecule has 6 heteroatoms. The third kappa shape index (κ3) is 3.66. The van der Waals surface area contributed by atoms with Crippen LogP contribution in [-0.2, 0) is 6.54 Å². The van der Waals surface area contributed by atoms with Gasteiger partial charge in [0.15, 0.2) is 11.5 Å². The van der Waals surface area contributed by atoms with Crippen LogP contribution < -0.4 is 14.8 Å². The van der Waals surface area contributed by atoms with Crippen molar-refractivity contribution in [3.63, 3.8) is 0 Å². The predicted molar refractivity (Wildman–Crippen MR) is 113 cm³/mol. The Morgan fingerprint density at radius 3 is 2.48 bits per heavy atom. The number of benzene rings is 2. The Morgan fingerprint density at radius 1 is 1.00 bits per heavy atom. The second kappa shape index (κ2) is 7.91. The molecule has 1 unspecified atom stereocenters. The van der Waals surface area contributed by atoms with Gasteiger partial charge in [-0.2, -0.15) is 0 Å². The number of carbonyl (C=O) groups excluding carboxylic acids is 1. The molecule has 1 atom stereocenters. The highest BCUT2D eigenvalue weighted by molar-refractivity contribution is 5.90.